The van der Waals surface area contributed by atoms with E-state index in [0.29, 0.717) is 0 Å². The lowest BCUT2D eigenvalue weighted by molar-refractivity contribution is 0.740. The third-order valence-electron chi connectivity index (χ3n) is 2.36. The zero-order valence-corrected chi connectivity index (χ0v) is 9.75. The van der Waals surface area contributed by atoms with Gasteiger partial charge in [-0.3, -0.25) is 0 Å². The Morgan fingerprint density at radius 2 is 2.25 bits per heavy atom. The Bertz CT molecular complexity index is 271. The fraction of sp³-hybridized carbons (Fsp3) is 0.556. The number of alkyl halides is 1. The summed E-state index contributed by atoms with van der Waals surface area (Å²) >= 11 is 11.3. The SMILES string of the molecule is Clc1ccc(C2CCC(Br)C2)s1. The van der Waals surface area contributed by atoms with E-state index < -0.39 is 0 Å². The lowest BCUT2D eigenvalue weighted by atomic mass is 10.1. The molecule has 1 saturated carbocycles. The van der Waals surface area contributed by atoms with Gasteiger partial charge < -0.3 is 0 Å². The lowest BCUT2D eigenvalue weighted by Crippen LogP contribution is -1.90. The predicted molar refractivity (Wildman–Crippen MR) is 58.6 cm³/mol. The molecule has 2 unspecified atom stereocenters. The van der Waals surface area contributed by atoms with Gasteiger partial charge in [-0.05, 0) is 37.3 Å². The molecule has 0 bridgehead atoms. The first-order valence-electron chi connectivity index (χ1n) is 4.15. The van der Waals surface area contributed by atoms with Crippen LogP contribution in [0.3, 0.4) is 0 Å². The quantitative estimate of drug-likeness (QED) is 0.659. The van der Waals surface area contributed by atoms with Crippen LogP contribution < -0.4 is 0 Å². The summed E-state index contributed by atoms with van der Waals surface area (Å²) in [6, 6.07) is 4.17. The number of halogens is 2. The van der Waals surface area contributed by atoms with E-state index in [1.807, 2.05) is 6.07 Å². The average Bonchev–Trinajstić information content (AvgIpc) is 2.58. The van der Waals surface area contributed by atoms with Crippen LogP contribution in [0, 0.1) is 0 Å². The van der Waals surface area contributed by atoms with Crippen molar-refractivity contribution in [3.8, 4) is 0 Å². The second-order valence-electron chi connectivity index (χ2n) is 3.25. The highest BCUT2D eigenvalue weighted by Crippen LogP contribution is 2.41. The summed E-state index contributed by atoms with van der Waals surface area (Å²) in [6.45, 7) is 0. The van der Waals surface area contributed by atoms with Gasteiger partial charge in [0.25, 0.3) is 0 Å². The van der Waals surface area contributed by atoms with E-state index in [1.54, 1.807) is 11.3 Å². The van der Waals surface area contributed by atoms with Crippen molar-refractivity contribution >= 4 is 38.9 Å². The van der Waals surface area contributed by atoms with Crippen molar-refractivity contribution in [2.75, 3.05) is 0 Å². The highest BCUT2D eigenvalue weighted by molar-refractivity contribution is 9.09. The first kappa shape index (κ1) is 9.04. The van der Waals surface area contributed by atoms with Crippen molar-refractivity contribution in [3.05, 3.63) is 21.3 Å². The van der Waals surface area contributed by atoms with Crippen molar-refractivity contribution in [3.63, 3.8) is 0 Å². The van der Waals surface area contributed by atoms with E-state index in [1.165, 1.54) is 24.1 Å². The molecule has 0 aromatic carbocycles. The van der Waals surface area contributed by atoms with Gasteiger partial charge in [0.2, 0.25) is 0 Å². The maximum atomic E-state index is 5.88. The summed E-state index contributed by atoms with van der Waals surface area (Å²) in [5.74, 6) is 0.756. The standard InChI is InChI=1S/C9H10BrClS/c10-7-2-1-6(5-7)8-3-4-9(11)12-8/h3-4,6-7H,1-2,5H2. The van der Waals surface area contributed by atoms with Crippen molar-refractivity contribution in [1.29, 1.82) is 0 Å². The van der Waals surface area contributed by atoms with Gasteiger partial charge >= 0.3 is 0 Å². The van der Waals surface area contributed by atoms with E-state index in [2.05, 4.69) is 22.0 Å². The summed E-state index contributed by atoms with van der Waals surface area (Å²) in [7, 11) is 0. The molecule has 0 radical (unpaired) electrons. The Balaban J connectivity index is 2.11. The summed E-state index contributed by atoms with van der Waals surface area (Å²) < 4.78 is 0.919. The molecule has 0 nitrogen and oxygen atoms in total. The molecule has 66 valence electrons. The van der Waals surface area contributed by atoms with Crippen LogP contribution in [-0.4, -0.2) is 4.83 Å². The lowest BCUT2D eigenvalue weighted by Gasteiger charge is -2.04. The Hall–Kier alpha value is 0.470. The maximum Gasteiger partial charge on any atom is 0.0931 e. The molecule has 0 saturated heterocycles. The molecular formula is C9H10BrClS. The van der Waals surface area contributed by atoms with Crippen molar-refractivity contribution < 1.29 is 0 Å². The minimum atomic E-state index is 0.725. The van der Waals surface area contributed by atoms with Gasteiger partial charge in [0.15, 0.2) is 0 Å². The molecule has 2 atom stereocenters. The molecule has 3 heteroatoms. The Morgan fingerprint density at radius 1 is 1.42 bits per heavy atom. The number of rotatable bonds is 1. The second-order valence-corrected chi connectivity index (χ2v) is 6.29. The van der Waals surface area contributed by atoms with Crippen LogP contribution in [0.5, 0.6) is 0 Å². The van der Waals surface area contributed by atoms with Crippen molar-refractivity contribution in [2.24, 2.45) is 0 Å². The molecule has 1 aromatic rings. The predicted octanol–water partition coefficient (Wildman–Crippen LogP) is 4.43. The van der Waals surface area contributed by atoms with Crippen molar-refractivity contribution in [1.82, 2.24) is 0 Å². The summed E-state index contributed by atoms with van der Waals surface area (Å²) in [5.41, 5.74) is 0. The number of thiophene rings is 1. The molecular weight excluding hydrogens is 256 g/mol. The zero-order valence-electron chi connectivity index (χ0n) is 6.59. The molecule has 0 spiro atoms. The number of hydrogen-bond acceptors (Lipinski definition) is 1. The molecule has 0 aliphatic heterocycles. The molecule has 1 aliphatic rings. The maximum absolute atomic E-state index is 5.88. The summed E-state index contributed by atoms with van der Waals surface area (Å²) in [5, 5.41) is 0. The minimum Gasteiger partial charge on any atom is -0.128 e. The van der Waals surface area contributed by atoms with Gasteiger partial charge in [-0.2, -0.15) is 0 Å². The second kappa shape index (κ2) is 3.69. The smallest absolute Gasteiger partial charge is 0.0931 e. The monoisotopic (exact) mass is 264 g/mol. The number of hydrogen-bond donors (Lipinski definition) is 0. The van der Waals surface area contributed by atoms with E-state index in [-0.39, 0.29) is 0 Å². The van der Waals surface area contributed by atoms with Gasteiger partial charge in [0, 0.05) is 9.70 Å². The van der Waals surface area contributed by atoms with E-state index >= 15 is 0 Å². The van der Waals surface area contributed by atoms with Crippen LogP contribution in [0.2, 0.25) is 4.34 Å². The third-order valence-corrected chi connectivity index (χ3v) is 4.59. The van der Waals surface area contributed by atoms with Crippen LogP contribution in [0.15, 0.2) is 12.1 Å². The molecule has 1 aliphatic carbocycles. The Morgan fingerprint density at radius 3 is 2.75 bits per heavy atom. The topological polar surface area (TPSA) is 0 Å². The van der Waals surface area contributed by atoms with Gasteiger partial charge in [-0.1, -0.05) is 27.5 Å². The molecule has 0 amide bonds. The fourth-order valence-corrected chi connectivity index (χ4v) is 3.66. The highest BCUT2D eigenvalue weighted by atomic mass is 79.9. The Kier molecular flexibility index (Phi) is 2.78. The zero-order chi connectivity index (χ0) is 8.55. The first-order chi connectivity index (χ1) is 5.75. The van der Waals surface area contributed by atoms with E-state index in [9.17, 15) is 0 Å². The Labute approximate surface area is 90.1 Å². The van der Waals surface area contributed by atoms with Gasteiger partial charge in [0.05, 0.1) is 4.34 Å². The van der Waals surface area contributed by atoms with Crippen LogP contribution in [-0.2, 0) is 0 Å². The molecule has 2 rings (SSSR count). The van der Waals surface area contributed by atoms with Crippen LogP contribution in [0.25, 0.3) is 0 Å². The van der Waals surface area contributed by atoms with E-state index in [0.717, 1.165) is 15.1 Å². The van der Waals surface area contributed by atoms with E-state index in [4.69, 9.17) is 11.6 Å². The molecule has 1 heterocycles. The molecule has 1 fully saturated rings. The van der Waals surface area contributed by atoms with Gasteiger partial charge in [-0.15, -0.1) is 11.3 Å². The summed E-state index contributed by atoms with van der Waals surface area (Å²) in [4.78, 5) is 2.19. The molecule has 1 aromatic heterocycles. The van der Waals surface area contributed by atoms with Crippen LogP contribution >= 0.6 is 38.9 Å². The normalized spacial score (nSPS) is 29.5. The van der Waals surface area contributed by atoms with Gasteiger partial charge in [-0.25, -0.2) is 0 Å². The average molecular weight is 266 g/mol. The fourth-order valence-electron chi connectivity index (χ4n) is 1.73. The van der Waals surface area contributed by atoms with Crippen LogP contribution in [0.1, 0.15) is 30.1 Å². The summed E-state index contributed by atoms with van der Waals surface area (Å²) in [6.07, 6.45) is 3.89. The first-order valence-corrected chi connectivity index (χ1v) is 6.26. The van der Waals surface area contributed by atoms with Crippen LogP contribution in [0.4, 0.5) is 0 Å². The van der Waals surface area contributed by atoms with Gasteiger partial charge in [0.1, 0.15) is 0 Å². The molecule has 12 heavy (non-hydrogen) atoms. The minimum absolute atomic E-state index is 0.725. The third kappa shape index (κ3) is 1.86. The highest BCUT2D eigenvalue weighted by Gasteiger charge is 2.24. The largest absolute Gasteiger partial charge is 0.128 e. The molecule has 0 N–H and O–H groups in total. The van der Waals surface area contributed by atoms with Crippen molar-refractivity contribution in [2.45, 2.75) is 30.0 Å².